The van der Waals surface area contributed by atoms with E-state index in [9.17, 15) is 18.4 Å². The summed E-state index contributed by atoms with van der Waals surface area (Å²) in [5.74, 6) is -2.58. The molecule has 0 saturated heterocycles. The van der Waals surface area contributed by atoms with Crippen molar-refractivity contribution in [2.24, 2.45) is 0 Å². The van der Waals surface area contributed by atoms with E-state index in [-0.39, 0.29) is 18.0 Å². The summed E-state index contributed by atoms with van der Waals surface area (Å²) in [5.41, 5.74) is 4.38. The third-order valence-electron chi connectivity index (χ3n) is 3.15. The molecule has 21 heavy (non-hydrogen) atoms. The number of rotatable bonds is 6. The van der Waals surface area contributed by atoms with Crippen LogP contribution in [0.5, 0.6) is 0 Å². The van der Waals surface area contributed by atoms with Crippen molar-refractivity contribution in [2.45, 2.75) is 31.7 Å². The Labute approximate surface area is 120 Å². The van der Waals surface area contributed by atoms with Crippen LogP contribution < -0.4 is 16.4 Å². The van der Waals surface area contributed by atoms with Crippen LogP contribution in [-0.4, -0.2) is 24.4 Å². The fourth-order valence-electron chi connectivity index (χ4n) is 1.80. The number of nitrogens with one attached hydrogen (secondary N) is 2. The Kier molecular flexibility index (Phi) is 4.72. The lowest BCUT2D eigenvalue weighted by atomic mass is 10.1. The molecule has 1 aliphatic rings. The van der Waals surface area contributed by atoms with Gasteiger partial charge in [0.15, 0.2) is 0 Å². The SMILES string of the molecule is Nc1c(F)cc(C(=O)NCCCC(=O)NC2CC2)cc1F. The summed E-state index contributed by atoms with van der Waals surface area (Å²) in [6.07, 6.45) is 2.82. The molecular formula is C14H17F2N3O2. The van der Waals surface area contributed by atoms with Gasteiger partial charge in [-0.25, -0.2) is 8.78 Å². The van der Waals surface area contributed by atoms with E-state index in [4.69, 9.17) is 5.73 Å². The molecule has 0 atom stereocenters. The molecule has 0 aliphatic heterocycles. The molecule has 1 saturated carbocycles. The Hall–Kier alpha value is -2.18. The Morgan fingerprint density at radius 1 is 1.24 bits per heavy atom. The predicted molar refractivity (Wildman–Crippen MR) is 73.5 cm³/mol. The number of anilines is 1. The third kappa shape index (κ3) is 4.40. The molecule has 1 aliphatic carbocycles. The van der Waals surface area contributed by atoms with Crippen molar-refractivity contribution in [3.63, 3.8) is 0 Å². The maximum Gasteiger partial charge on any atom is 0.251 e. The van der Waals surface area contributed by atoms with Crippen LogP contribution in [-0.2, 0) is 4.79 Å². The topological polar surface area (TPSA) is 84.2 Å². The first-order valence-corrected chi connectivity index (χ1v) is 6.79. The molecule has 1 fully saturated rings. The normalized spacial score (nSPS) is 13.8. The molecule has 4 N–H and O–H groups in total. The van der Waals surface area contributed by atoms with Crippen molar-refractivity contribution < 1.29 is 18.4 Å². The maximum absolute atomic E-state index is 13.2. The molecule has 0 radical (unpaired) electrons. The summed E-state index contributed by atoms with van der Waals surface area (Å²) < 4.78 is 26.4. The lowest BCUT2D eigenvalue weighted by Crippen LogP contribution is -2.28. The summed E-state index contributed by atoms with van der Waals surface area (Å²) in [6.45, 7) is 0.254. The van der Waals surface area contributed by atoms with Gasteiger partial charge in [-0.3, -0.25) is 9.59 Å². The van der Waals surface area contributed by atoms with Crippen LogP contribution in [0.25, 0.3) is 0 Å². The van der Waals surface area contributed by atoms with E-state index < -0.39 is 23.2 Å². The highest BCUT2D eigenvalue weighted by atomic mass is 19.1. The average molecular weight is 297 g/mol. The number of hydrogen-bond donors (Lipinski definition) is 3. The largest absolute Gasteiger partial charge is 0.394 e. The summed E-state index contributed by atoms with van der Waals surface area (Å²) in [5, 5.41) is 5.33. The standard InChI is InChI=1S/C14H17F2N3O2/c15-10-6-8(7-11(16)13(10)17)14(21)18-5-1-2-12(20)19-9-3-4-9/h6-7,9H,1-5,17H2,(H,18,21)(H,19,20). The predicted octanol–water partition coefficient (Wildman–Crippen LogP) is 1.34. The van der Waals surface area contributed by atoms with Gasteiger partial charge in [0.25, 0.3) is 5.91 Å². The molecule has 0 unspecified atom stereocenters. The molecule has 0 heterocycles. The molecule has 0 aromatic heterocycles. The smallest absolute Gasteiger partial charge is 0.251 e. The first kappa shape index (κ1) is 15.2. The number of nitrogen functional groups attached to an aromatic ring is 1. The van der Waals surface area contributed by atoms with Gasteiger partial charge in [0, 0.05) is 24.6 Å². The van der Waals surface area contributed by atoms with Gasteiger partial charge in [0.2, 0.25) is 5.91 Å². The van der Waals surface area contributed by atoms with Gasteiger partial charge in [-0.15, -0.1) is 0 Å². The number of halogens is 2. The van der Waals surface area contributed by atoms with Crippen molar-refractivity contribution >= 4 is 17.5 Å². The summed E-state index contributed by atoms with van der Waals surface area (Å²) >= 11 is 0. The highest BCUT2D eigenvalue weighted by Gasteiger charge is 2.22. The van der Waals surface area contributed by atoms with E-state index >= 15 is 0 Å². The maximum atomic E-state index is 13.2. The van der Waals surface area contributed by atoms with Crippen molar-refractivity contribution in [3.8, 4) is 0 Å². The molecule has 0 spiro atoms. The number of carbonyl (C=O) groups excluding carboxylic acids is 2. The van der Waals surface area contributed by atoms with Gasteiger partial charge in [-0.2, -0.15) is 0 Å². The first-order valence-electron chi connectivity index (χ1n) is 6.79. The van der Waals surface area contributed by atoms with E-state index in [1.54, 1.807) is 0 Å². The van der Waals surface area contributed by atoms with Crippen LogP contribution in [0.15, 0.2) is 12.1 Å². The molecule has 1 aromatic rings. The lowest BCUT2D eigenvalue weighted by Gasteiger charge is -2.07. The minimum atomic E-state index is -0.969. The van der Waals surface area contributed by atoms with E-state index in [1.807, 2.05) is 0 Å². The van der Waals surface area contributed by atoms with Gasteiger partial charge >= 0.3 is 0 Å². The molecule has 5 nitrogen and oxygen atoms in total. The molecule has 1 aromatic carbocycles. The summed E-state index contributed by atoms with van der Waals surface area (Å²) in [7, 11) is 0. The monoisotopic (exact) mass is 297 g/mol. The van der Waals surface area contributed by atoms with Crippen LogP contribution >= 0.6 is 0 Å². The fourth-order valence-corrected chi connectivity index (χ4v) is 1.80. The van der Waals surface area contributed by atoms with Crippen molar-refractivity contribution in [1.82, 2.24) is 10.6 Å². The third-order valence-corrected chi connectivity index (χ3v) is 3.15. The van der Waals surface area contributed by atoms with Crippen LogP contribution in [0.2, 0.25) is 0 Å². The zero-order valence-electron chi connectivity index (χ0n) is 11.4. The summed E-state index contributed by atoms with van der Waals surface area (Å²) in [4.78, 5) is 23.1. The summed E-state index contributed by atoms with van der Waals surface area (Å²) in [6, 6.07) is 2.08. The zero-order valence-corrected chi connectivity index (χ0v) is 11.4. The Bertz CT molecular complexity index is 536. The first-order chi connectivity index (χ1) is 9.97. The Morgan fingerprint density at radius 2 is 1.86 bits per heavy atom. The van der Waals surface area contributed by atoms with E-state index in [2.05, 4.69) is 10.6 Å². The van der Waals surface area contributed by atoms with Crippen molar-refractivity contribution in [1.29, 1.82) is 0 Å². The Balaban J connectivity index is 1.75. The fraction of sp³-hybridized carbons (Fsp3) is 0.429. The number of hydrogen-bond acceptors (Lipinski definition) is 3. The van der Waals surface area contributed by atoms with Gasteiger partial charge in [-0.05, 0) is 31.4 Å². The van der Waals surface area contributed by atoms with E-state index in [0.29, 0.717) is 18.9 Å². The minimum absolute atomic E-state index is 0.0451. The van der Waals surface area contributed by atoms with Crippen LogP contribution in [0.1, 0.15) is 36.0 Å². The molecule has 7 heteroatoms. The van der Waals surface area contributed by atoms with Gasteiger partial charge in [0.05, 0.1) is 0 Å². The number of benzene rings is 1. The average Bonchev–Trinajstić information content (AvgIpc) is 3.24. The van der Waals surface area contributed by atoms with Gasteiger partial charge in [0.1, 0.15) is 17.3 Å². The van der Waals surface area contributed by atoms with Crippen LogP contribution in [0.4, 0.5) is 14.5 Å². The number of nitrogens with two attached hydrogens (primary N) is 1. The van der Waals surface area contributed by atoms with Gasteiger partial charge < -0.3 is 16.4 Å². The minimum Gasteiger partial charge on any atom is -0.394 e. The van der Waals surface area contributed by atoms with Crippen LogP contribution in [0, 0.1) is 11.6 Å². The highest BCUT2D eigenvalue weighted by molar-refractivity contribution is 5.94. The van der Waals surface area contributed by atoms with Crippen molar-refractivity contribution in [3.05, 3.63) is 29.3 Å². The van der Waals surface area contributed by atoms with E-state index in [0.717, 1.165) is 25.0 Å². The molecule has 2 rings (SSSR count). The second-order valence-corrected chi connectivity index (χ2v) is 5.05. The highest BCUT2D eigenvalue weighted by Crippen LogP contribution is 2.19. The molecular weight excluding hydrogens is 280 g/mol. The number of carbonyl (C=O) groups is 2. The van der Waals surface area contributed by atoms with Gasteiger partial charge in [-0.1, -0.05) is 0 Å². The second-order valence-electron chi connectivity index (χ2n) is 5.05. The second kappa shape index (κ2) is 6.51. The number of amides is 2. The zero-order chi connectivity index (χ0) is 15.4. The van der Waals surface area contributed by atoms with E-state index in [1.165, 1.54) is 0 Å². The van der Waals surface area contributed by atoms with Crippen LogP contribution in [0.3, 0.4) is 0 Å². The molecule has 0 bridgehead atoms. The Morgan fingerprint density at radius 3 is 2.43 bits per heavy atom. The molecule has 2 amide bonds. The molecule has 114 valence electrons. The lowest BCUT2D eigenvalue weighted by molar-refractivity contribution is -0.121. The van der Waals surface area contributed by atoms with Crippen molar-refractivity contribution in [2.75, 3.05) is 12.3 Å². The quantitative estimate of drug-likeness (QED) is 0.547.